The lowest BCUT2D eigenvalue weighted by Gasteiger charge is -2.21. The number of hydrogen-bond acceptors (Lipinski definition) is 5. The second kappa shape index (κ2) is 10.4. The molecule has 7 nitrogen and oxygen atoms in total. The monoisotopic (exact) mass is 462 g/mol. The molecule has 0 radical (unpaired) electrons. The molecule has 2 aromatic carbocycles. The molecule has 0 spiro atoms. The van der Waals surface area contributed by atoms with Crippen molar-refractivity contribution in [2.75, 3.05) is 14.2 Å². The van der Waals surface area contributed by atoms with Gasteiger partial charge in [0.2, 0.25) is 10.0 Å². The number of rotatable bonds is 9. The normalized spacial score (nSPS) is 12.7. The lowest BCUT2D eigenvalue weighted by molar-refractivity contribution is 0.0940. The van der Waals surface area contributed by atoms with E-state index in [1.54, 1.807) is 14.0 Å². The van der Waals surface area contributed by atoms with E-state index in [0.29, 0.717) is 5.75 Å². The van der Waals surface area contributed by atoms with Gasteiger partial charge >= 0.3 is 0 Å². The zero-order chi connectivity index (χ0) is 24.2. The summed E-state index contributed by atoms with van der Waals surface area (Å²) in [6.45, 7) is 11.5. The lowest BCUT2D eigenvalue weighted by Crippen LogP contribution is -2.31. The second-order valence-electron chi connectivity index (χ2n) is 8.44. The Balaban J connectivity index is 2.41. The Labute approximate surface area is 191 Å². The third-order valence-electron chi connectivity index (χ3n) is 5.18. The van der Waals surface area contributed by atoms with Gasteiger partial charge in [-0.2, -0.15) is 0 Å². The predicted molar refractivity (Wildman–Crippen MR) is 126 cm³/mol. The largest absolute Gasteiger partial charge is 0.496 e. The first-order valence-electron chi connectivity index (χ1n) is 10.6. The molecule has 0 heterocycles. The quantitative estimate of drug-likeness (QED) is 0.579. The highest BCUT2D eigenvalue weighted by atomic mass is 32.2. The summed E-state index contributed by atoms with van der Waals surface area (Å²) in [5.41, 5.74) is 2.97. The molecule has 0 aliphatic rings. The fourth-order valence-electron chi connectivity index (χ4n) is 3.55. The molecule has 2 N–H and O–H groups in total. The minimum absolute atomic E-state index is 0.00527. The van der Waals surface area contributed by atoms with Crippen LogP contribution in [0, 0.1) is 6.92 Å². The van der Waals surface area contributed by atoms with Gasteiger partial charge in [0.1, 0.15) is 11.5 Å². The highest BCUT2D eigenvalue weighted by molar-refractivity contribution is 7.89. The average molecular weight is 463 g/mol. The molecule has 1 amide bonds. The van der Waals surface area contributed by atoms with Gasteiger partial charge in [-0.25, -0.2) is 13.1 Å². The van der Waals surface area contributed by atoms with Gasteiger partial charge < -0.3 is 14.8 Å². The van der Waals surface area contributed by atoms with Gasteiger partial charge in [0, 0.05) is 12.1 Å². The molecule has 0 saturated carbocycles. The molecule has 0 bridgehead atoms. The van der Waals surface area contributed by atoms with E-state index >= 15 is 0 Å². The molecule has 0 aromatic heterocycles. The molecular weight excluding hydrogens is 428 g/mol. The maximum Gasteiger partial charge on any atom is 0.255 e. The first-order valence-corrected chi connectivity index (χ1v) is 12.1. The third-order valence-corrected chi connectivity index (χ3v) is 6.72. The van der Waals surface area contributed by atoms with Gasteiger partial charge in [-0.15, -0.1) is 0 Å². The first kappa shape index (κ1) is 25.7. The zero-order valence-electron chi connectivity index (χ0n) is 20.1. The number of aryl methyl sites for hydroxylation is 1. The molecule has 0 unspecified atom stereocenters. The van der Waals surface area contributed by atoms with Gasteiger partial charge in [0.15, 0.2) is 0 Å². The highest BCUT2D eigenvalue weighted by Crippen LogP contribution is 2.33. The van der Waals surface area contributed by atoms with Crippen LogP contribution in [0.3, 0.4) is 0 Å². The van der Waals surface area contributed by atoms with Crippen LogP contribution in [0.25, 0.3) is 0 Å². The number of methoxy groups -OCH3 is 2. The van der Waals surface area contributed by atoms with Gasteiger partial charge in [-0.1, -0.05) is 13.8 Å². The van der Waals surface area contributed by atoms with Crippen molar-refractivity contribution in [3.05, 3.63) is 52.6 Å². The van der Waals surface area contributed by atoms with Crippen molar-refractivity contribution in [1.82, 2.24) is 10.0 Å². The van der Waals surface area contributed by atoms with Crippen molar-refractivity contribution >= 4 is 15.9 Å². The summed E-state index contributed by atoms with van der Waals surface area (Å²) in [4.78, 5) is 12.5. The summed E-state index contributed by atoms with van der Waals surface area (Å²) in [6, 6.07) is 7.59. The molecule has 2 aromatic rings. The molecule has 32 heavy (non-hydrogen) atoms. The van der Waals surface area contributed by atoms with E-state index in [1.807, 2.05) is 32.9 Å². The minimum atomic E-state index is -3.90. The van der Waals surface area contributed by atoms with E-state index in [1.165, 1.54) is 25.3 Å². The zero-order valence-corrected chi connectivity index (χ0v) is 20.9. The van der Waals surface area contributed by atoms with Crippen LogP contribution in [0.5, 0.6) is 11.5 Å². The van der Waals surface area contributed by atoms with Crippen LogP contribution in [0.4, 0.5) is 0 Å². The Bertz CT molecular complexity index is 1080. The van der Waals surface area contributed by atoms with Crippen LogP contribution in [-0.4, -0.2) is 34.6 Å². The Morgan fingerprint density at radius 1 is 0.906 bits per heavy atom. The maximum atomic E-state index is 13.2. The van der Waals surface area contributed by atoms with Crippen LogP contribution in [0.2, 0.25) is 0 Å². The smallest absolute Gasteiger partial charge is 0.255 e. The maximum absolute atomic E-state index is 13.2. The average Bonchev–Trinajstić information content (AvgIpc) is 2.71. The Morgan fingerprint density at radius 2 is 1.53 bits per heavy atom. The summed E-state index contributed by atoms with van der Waals surface area (Å²) in [5.74, 6) is 0.918. The molecule has 8 heteroatoms. The fraction of sp³-hybridized carbons (Fsp3) is 0.458. The number of benzene rings is 2. The van der Waals surface area contributed by atoms with Crippen LogP contribution >= 0.6 is 0 Å². The number of carbonyl (C=O) groups is 1. The van der Waals surface area contributed by atoms with Crippen molar-refractivity contribution in [2.24, 2.45) is 0 Å². The first-order chi connectivity index (χ1) is 14.9. The van der Waals surface area contributed by atoms with Crippen LogP contribution in [0.15, 0.2) is 35.2 Å². The van der Waals surface area contributed by atoms with Crippen molar-refractivity contribution in [1.29, 1.82) is 0 Å². The number of ether oxygens (including phenoxy) is 2. The number of amides is 1. The number of sulfonamides is 1. The molecule has 0 saturated heterocycles. The van der Waals surface area contributed by atoms with Crippen molar-refractivity contribution in [3.63, 3.8) is 0 Å². The van der Waals surface area contributed by atoms with Crippen LogP contribution in [-0.2, 0) is 10.0 Å². The van der Waals surface area contributed by atoms with Gasteiger partial charge in [-0.3, -0.25) is 4.79 Å². The molecule has 0 fully saturated rings. The van der Waals surface area contributed by atoms with Crippen molar-refractivity contribution in [3.8, 4) is 11.5 Å². The summed E-state index contributed by atoms with van der Waals surface area (Å²) in [5, 5.41) is 2.77. The Morgan fingerprint density at radius 3 is 2.06 bits per heavy atom. The summed E-state index contributed by atoms with van der Waals surface area (Å²) in [7, 11) is -0.832. The van der Waals surface area contributed by atoms with Gasteiger partial charge in [0.25, 0.3) is 5.91 Å². The Hall–Kier alpha value is -2.58. The van der Waals surface area contributed by atoms with E-state index < -0.39 is 22.0 Å². The number of carbonyl (C=O) groups excluding carboxylic acids is 1. The van der Waals surface area contributed by atoms with E-state index in [-0.39, 0.29) is 22.4 Å². The molecule has 0 aliphatic heterocycles. The van der Waals surface area contributed by atoms with E-state index in [0.717, 1.165) is 22.4 Å². The van der Waals surface area contributed by atoms with E-state index in [4.69, 9.17) is 9.47 Å². The van der Waals surface area contributed by atoms with Crippen LogP contribution in [0.1, 0.15) is 73.6 Å². The number of nitrogens with one attached hydrogen (secondary N) is 2. The third kappa shape index (κ3) is 5.81. The SMILES string of the molecule is COc1ccc(S(=O)(=O)N[C@H](C)c2cc(C(C)C)c(OC)cc2C)cc1C(=O)NC(C)C. The summed E-state index contributed by atoms with van der Waals surface area (Å²) >= 11 is 0. The predicted octanol–water partition coefficient (Wildman–Crippen LogP) is 4.31. The topological polar surface area (TPSA) is 93.7 Å². The molecule has 1 atom stereocenters. The van der Waals surface area contributed by atoms with Crippen molar-refractivity contribution < 1.29 is 22.7 Å². The van der Waals surface area contributed by atoms with Crippen molar-refractivity contribution in [2.45, 2.75) is 64.4 Å². The second-order valence-corrected chi connectivity index (χ2v) is 10.2. The fourth-order valence-corrected chi connectivity index (χ4v) is 4.79. The highest BCUT2D eigenvalue weighted by Gasteiger charge is 2.24. The van der Waals surface area contributed by atoms with E-state index in [2.05, 4.69) is 23.9 Å². The van der Waals surface area contributed by atoms with Gasteiger partial charge in [0.05, 0.1) is 24.7 Å². The molecular formula is C24H34N2O5S. The van der Waals surface area contributed by atoms with Crippen LogP contribution < -0.4 is 19.5 Å². The van der Waals surface area contributed by atoms with E-state index in [9.17, 15) is 13.2 Å². The molecule has 0 aliphatic carbocycles. The molecule has 2 rings (SSSR count). The number of hydrogen-bond donors (Lipinski definition) is 2. The van der Waals surface area contributed by atoms with Gasteiger partial charge in [-0.05, 0) is 80.6 Å². The lowest BCUT2D eigenvalue weighted by atomic mass is 9.94. The summed E-state index contributed by atoms with van der Waals surface area (Å²) < 4.78 is 39.8. The summed E-state index contributed by atoms with van der Waals surface area (Å²) in [6.07, 6.45) is 0. The molecule has 176 valence electrons. The minimum Gasteiger partial charge on any atom is -0.496 e. The Kier molecular flexibility index (Phi) is 8.31. The standard InChI is InChI=1S/C24H34N2O5S/c1-14(2)19-13-20(16(5)11-23(19)31-8)17(6)26-32(28,29)18-9-10-22(30-7)21(12-18)24(27)25-15(3)4/h9-15,17,26H,1-8H3,(H,25,27)/t17-/m1/s1.